The van der Waals surface area contributed by atoms with Crippen LogP contribution in [-0.2, 0) is 13.0 Å². The first-order valence-corrected chi connectivity index (χ1v) is 10.9. The molecule has 0 aliphatic rings. The van der Waals surface area contributed by atoms with E-state index in [1.165, 1.54) is 24.0 Å². The van der Waals surface area contributed by atoms with Gasteiger partial charge in [-0.3, -0.25) is 4.79 Å². The second-order valence-corrected chi connectivity index (χ2v) is 8.34. The second kappa shape index (κ2) is 8.84. The van der Waals surface area contributed by atoms with Gasteiger partial charge in [0.15, 0.2) is 5.82 Å². The van der Waals surface area contributed by atoms with Gasteiger partial charge in [0.1, 0.15) is 23.7 Å². The molecule has 4 aromatic rings. The molecule has 5 nitrogen and oxygen atoms in total. The van der Waals surface area contributed by atoms with Crippen molar-refractivity contribution < 1.29 is 9.73 Å². The van der Waals surface area contributed by atoms with Crippen LogP contribution in [0.15, 0.2) is 57.7 Å². The number of unbranched alkanes of at least 4 members (excludes halogenated alkanes) is 1. The lowest BCUT2D eigenvalue weighted by atomic mass is 9.94. The lowest BCUT2D eigenvalue weighted by molar-refractivity contribution is -0.718. The Hall–Kier alpha value is -2.92. The van der Waals surface area contributed by atoms with Crippen LogP contribution in [0, 0.1) is 5.92 Å². The molecule has 2 aromatic carbocycles. The van der Waals surface area contributed by atoms with Crippen LogP contribution in [-0.4, -0.2) is 9.97 Å². The van der Waals surface area contributed by atoms with Crippen molar-refractivity contribution in [3.63, 3.8) is 0 Å². The predicted molar refractivity (Wildman–Crippen MR) is 120 cm³/mol. The fourth-order valence-electron chi connectivity index (χ4n) is 4.06. The van der Waals surface area contributed by atoms with Gasteiger partial charge in [0, 0.05) is 16.9 Å². The first-order valence-electron chi connectivity index (χ1n) is 10.9. The lowest BCUT2D eigenvalue weighted by Gasteiger charge is -2.20. The largest absolute Gasteiger partial charge is 0.449 e. The van der Waals surface area contributed by atoms with E-state index in [4.69, 9.17) is 9.40 Å². The van der Waals surface area contributed by atoms with E-state index in [2.05, 4.69) is 55.3 Å². The molecule has 0 saturated carbocycles. The molecule has 0 unspecified atom stereocenters. The molecule has 2 heterocycles. The van der Waals surface area contributed by atoms with Gasteiger partial charge in [0.05, 0.1) is 0 Å². The van der Waals surface area contributed by atoms with Crippen molar-refractivity contribution in [2.75, 3.05) is 0 Å². The van der Waals surface area contributed by atoms with Crippen molar-refractivity contribution in [1.29, 1.82) is 0 Å². The number of aryl methyl sites for hydroxylation is 1. The van der Waals surface area contributed by atoms with Gasteiger partial charge in [0.25, 0.3) is 5.56 Å². The van der Waals surface area contributed by atoms with E-state index in [1.807, 2.05) is 24.3 Å². The summed E-state index contributed by atoms with van der Waals surface area (Å²) in [5.74, 6) is 1.13. The van der Waals surface area contributed by atoms with Crippen LogP contribution in [0.5, 0.6) is 0 Å². The molecule has 4 rings (SSSR count). The number of aromatic amines is 1. The predicted octanol–water partition coefficient (Wildman–Crippen LogP) is 4.47. The van der Waals surface area contributed by atoms with Crippen molar-refractivity contribution in [3.8, 4) is 0 Å². The number of para-hydroxylation sites is 1. The van der Waals surface area contributed by atoms with Crippen molar-refractivity contribution in [3.05, 3.63) is 75.8 Å². The summed E-state index contributed by atoms with van der Waals surface area (Å²) in [6.07, 6.45) is 3.57. The van der Waals surface area contributed by atoms with Gasteiger partial charge in [-0.15, -0.1) is 0 Å². The Morgan fingerprint density at radius 3 is 2.60 bits per heavy atom. The Morgan fingerprint density at radius 2 is 1.87 bits per heavy atom. The monoisotopic (exact) mass is 404 g/mol. The molecular formula is C25H30N3O2+. The molecule has 0 saturated heterocycles. The highest BCUT2D eigenvalue weighted by Gasteiger charge is 2.20. The highest BCUT2D eigenvalue weighted by molar-refractivity contribution is 6.01. The summed E-state index contributed by atoms with van der Waals surface area (Å²) in [5.41, 5.74) is 4.10. The highest BCUT2D eigenvalue weighted by Crippen LogP contribution is 2.24. The number of rotatable bonds is 8. The maximum Gasteiger partial charge on any atom is 0.294 e. The third-order valence-electron chi connectivity index (χ3n) is 5.75. The number of hydrogen-bond acceptors (Lipinski definition) is 3. The molecular weight excluding hydrogens is 374 g/mol. The summed E-state index contributed by atoms with van der Waals surface area (Å²) >= 11 is 0. The maximum absolute atomic E-state index is 12.5. The molecule has 0 amide bonds. The summed E-state index contributed by atoms with van der Waals surface area (Å²) in [4.78, 5) is 20.2. The average Bonchev–Trinajstić information content (AvgIpc) is 3.12. The highest BCUT2D eigenvalue weighted by atomic mass is 16.3. The van der Waals surface area contributed by atoms with E-state index in [9.17, 15) is 4.79 Å². The van der Waals surface area contributed by atoms with Crippen molar-refractivity contribution >= 4 is 22.1 Å². The summed E-state index contributed by atoms with van der Waals surface area (Å²) in [7, 11) is 0. The molecule has 0 aliphatic carbocycles. The Bertz CT molecular complexity index is 1190. The number of aromatic nitrogens is 2. The van der Waals surface area contributed by atoms with Crippen LogP contribution < -0.4 is 10.9 Å². The zero-order chi connectivity index (χ0) is 21.1. The van der Waals surface area contributed by atoms with Gasteiger partial charge in [-0.05, 0) is 30.5 Å². The van der Waals surface area contributed by atoms with Crippen LogP contribution in [0.2, 0.25) is 0 Å². The van der Waals surface area contributed by atoms with E-state index in [-0.39, 0.29) is 5.56 Å². The van der Waals surface area contributed by atoms with Gasteiger partial charge < -0.3 is 14.7 Å². The van der Waals surface area contributed by atoms with Gasteiger partial charge in [0.2, 0.25) is 5.58 Å². The van der Waals surface area contributed by atoms with E-state index in [0.717, 1.165) is 11.8 Å². The van der Waals surface area contributed by atoms with Gasteiger partial charge in [-0.1, -0.05) is 63.6 Å². The molecule has 0 radical (unpaired) electrons. The first kappa shape index (κ1) is 20.4. The fourth-order valence-corrected chi connectivity index (χ4v) is 4.06. The lowest BCUT2D eigenvalue weighted by Crippen LogP contribution is -2.85. The number of fused-ring (bicyclic) bond motifs is 3. The zero-order valence-corrected chi connectivity index (χ0v) is 17.9. The quantitative estimate of drug-likeness (QED) is 0.455. The molecule has 0 fully saturated rings. The number of hydrogen-bond donors (Lipinski definition) is 2. The van der Waals surface area contributed by atoms with Crippen molar-refractivity contribution in [2.24, 2.45) is 5.92 Å². The van der Waals surface area contributed by atoms with Crippen LogP contribution >= 0.6 is 0 Å². The number of nitrogens with zero attached hydrogens (tertiary/aromatic N) is 1. The summed E-state index contributed by atoms with van der Waals surface area (Å²) < 4.78 is 5.69. The topological polar surface area (TPSA) is 75.5 Å². The Labute approximate surface area is 176 Å². The number of furan rings is 1. The van der Waals surface area contributed by atoms with Gasteiger partial charge >= 0.3 is 0 Å². The average molecular weight is 405 g/mol. The van der Waals surface area contributed by atoms with E-state index >= 15 is 0 Å². The number of nitrogens with two attached hydrogens (primary N) is 1. The molecule has 30 heavy (non-hydrogen) atoms. The minimum Gasteiger partial charge on any atom is -0.449 e. The van der Waals surface area contributed by atoms with Gasteiger partial charge in [-0.2, -0.15) is 0 Å². The summed E-state index contributed by atoms with van der Waals surface area (Å²) in [6, 6.07) is 16.9. The number of benzene rings is 2. The normalized spacial score (nSPS) is 12.8. The maximum atomic E-state index is 12.5. The summed E-state index contributed by atoms with van der Waals surface area (Å²) in [5, 5.41) is 3.14. The molecule has 5 heteroatoms. The zero-order valence-electron chi connectivity index (χ0n) is 17.9. The first-order chi connectivity index (χ1) is 14.6. The minimum absolute atomic E-state index is 0.221. The van der Waals surface area contributed by atoms with Crippen LogP contribution in [0.4, 0.5) is 0 Å². The van der Waals surface area contributed by atoms with Gasteiger partial charge in [-0.25, -0.2) is 4.98 Å². The Morgan fingerprint density at radius 1 is 1.10 bits per heavy atom. The number of quaternary nitrogens is 1. The van der Waals surface area contributed by atoms with Crippen molar-refractivity contribution in [2.45, 2.75) is 52.6 Å². The van der Waals surface area contributed by atoms with E-state index < -0.39 is 0 Å². The van der Waals surface area contributed by atoms with Crippen LogP contribution in [0.1, 0.15) is 56.6 Å². The Kier molecular flexibility index (Phi) is 6.00. The molecule has 3 N–H and O–H groups in total. The van der Waals surface area contributed by atoms with E-state index in [1.54, 1.807) is 0 Å². The SMILES string of the molecule is CCCCc1ccc([C@@H]([NH2+]Cc2nc3c(oc4ccccc43)c(=O)[nH]2)C(C)C)cc1. The number of nitrogens with one attached hydrogen (secondary N) is 1. The molecule has 0 aliphatic heterocycles. The minimum atomic E-state index is -0.221. The second-order valence-electron chi connectivity index (χ2n) is 8.34. The fraction of sp³-hybridized carbons (Fsp3) is 0.360. The van der Waals surface area contributed by atoms with Crippen LogP contribution in [0.3, 0.4) is 0 Å². The van der Waals surface area contributed by atoms with E-state index in [0.29, 0.717) is 41.0 Å². The third-order valence-corrected chi connectivity index (χ3v) is 5.75. The summed E-state index contributed by atoms with van der Waals surface area (Å²) in [6.45, 7) is 7.29. The van der Waals surface area contributed by atoms with Crippen molar-refractivity contribution in [1.82, 2.24) is 9.97 Å². The molecule has 0 bridgehead atoms. The molecule has 0 spiro atoms. The smallest absolute Gasteiger partial charge is 0.294 e. The third kappa shape index (κ3) is 4.17. The molecule has 1 atom stereocenters. The molecule has 156 valence electrons. The van der Waals surface area contributed by atoms with Crippen LogP contribution in [0.25, 0.3) is 22.1 Å². The number of H-pyrrole nitrogens is 1. The molecule has 2 aromatic heterocycles. The standard InChI is InChI=1S/C25H29N3O2/c1-4-5-8-17-11-13-18(14-12-17)22(16(2)3)26-15-21-27-23-19-9-6-7-10-20(19)30-24(23)25(29)28-21/h6-7,9-14,16,22,26H,4-5,8,15H2,1-3H3,(H,27,28,29)/p+1/t22-/m0/s1. The Balaban J connectivity index is 1.56.